The largest absolute Gasteiger partial charge is 0.280 e. The van der Waals surface area contributed by atoms with Crippen LogP contribution in [0.1, 0.15) is 5.69 Å². The van der Waals surface area contributed by atoms with E-state index in [0.29, 0.717) is 11.8 Å². The van der Waals surface area contributed by atoms with Gasteiger partial charge in [0.05, 0.1) is 5.69 Å². The van der Waals surface area contributed by atoms with Crippen LogP contribution in [0.5, 0.6) is 0 Å². The van der Waals surface area contributed by atoms with Crippen molar-refractivity contribution in [2.45, 2.75) is 6.54 Å². The van der Waals surface area contributed by atoms with E-state index in [-0.39, 0.29) is 0 Å². The van der Waals surface area contributed by atoms with Crippen LogP contribution in [0.3, 0.4) is 0 Å². The van der Waals surface area contributed by atoms with E-state index in [1.54, 1.807) is 6.20 Å². The van der Waals surface area contributed by atoms with E-state index in [0.717, 1.165) is 12.2 Å². The molecule has 2 nitrogen and oxygen atoms in total. The Morgan fingerprint density at radius 3 is 2.50 bits per heavy atom. The topological polar surface area (TPSA) is 16.1 Å². The molecule has 12 heavy (non-hydrogen) atoms. The highest BCUT2D eigenvalue weighted by Crippen LogP contribution is 2.02. The van der Waals surface area contributed by atoms with E-state index < -0.39 is 0 Å². The number of hydrogen-bond acceptors (Lipinski definition) is 4. The molecule has 0 fully saturated rings. The zero-order valence-electron chi connectivity index (χ0n) is 6.72. The number of thiol groups is 2. The van der Waals surface area contributed by atoms with Gasteiger partial charge in [-0.1, -0.05) is 6.07 Å². The lowest BCUT2D eigenvalue weighted by Gasteiger charge is -2.15. The molecule has 66 valence electrons. The van der Waals surface area contributed by atoms with Crippen LogP contribution in [0.2, 0.25) is 0 Å². The van der Waals surface area contributed by atoms with Crippen molar-refractivity contribution in [3.8, 4) is 0 Å². The molecule has 0 amide bonds. The van der Waals surface area contributed by atoms with Gasteiger partial charge in [-0.15, -0.1) is 0 Å². The maximum absolute atomic E-state index is 4.20. The zero-order valence-corrected chi connectivity index (χ0v) is 8.51. The van der Waals surface area contributed by atoms with Crippen molar-refractivity contribution in [1.29, 1.82) is 0 Å². The van der Waals surface area contributed by atoms with Gasteiger partial charge in [0.2, 0.25) is 0 Å². The fourth-order valence-electron chi connectivity index (χ4n) is 0.865. The van der Waals surface area contributed by atoms with Gasteiger partial charge in [0.1, 0.15) is 0 Å². The van der Waals surface area contributed by atoms with Crippen LogP contribution < -0.4 is 0 Å². The Balaban J connectivity index is 2.51. The second kappa shape index (κ2) is 5.45. The minimum atomic E-state index is 0.708. The molecule has 1 aromatic heterocycles. The molecule has 0 unspecified atom stereocenters. The van der Waals surface area contributed by atoms with Crippen LogP contribution >= 0.6 is 25.3 Å². The number of pyridine rings is 1. The smallest absolute Gasteiger partial charge is 0.0544 e. The highest BCUT2D eigenvalue weighted by Gasteiger charge is 2.00. The molecular formula is C8H12N2S2. The second-order valence-corrected chi connectivity index (χ2v) is 3.00. The van der Waals surface area contributed by atoms with Crippen LogP contribution in [0.25, 0.3) is 0 Å². The van der Waals surface area contributed by atoms with Gasteiger partial charge in [-0.2, -0.15) is 25.3 Å². The second-order valence-electron chi connectivity index (χ2n) is 2.43. The van der Waals surface area contributed by atoms with Gasteiger partial charge < -0.3 is 0 Å². The predicted octanol–water partition coefficient (Wildman–Crippen LogP) is 1.66. The summed E-state index contributed by atoms with van der Waals surface area (Å²) in [4.78, 5) is 6.28. The van der Waals surface area contributed by atoms with E-state index in [2.05, 4.69) is 35.1 Å². The lowest BCUT2D eigenvalue weighted by molar-refractivity contribution is 0.368. The number of nitrogens with zero attached hydrogens (tertiary/aromatic N) is 2. The first kappa shape index (κ1) is 9.89. The van der Waals surface area contributed by atoms with Gasteiger partial charge in [-0.25, -0.2) is 0 Å². The Labute approximate surface area is 83.8 Å². The van der Waals surface area contributed by atoms with Crippen molar-refractivity contribution in [1.82, 2.24) is 9.88 Å². The van der Waals surface area contributed by atoms with Crippen molar-refractivity contribution in [3.63, 3.8) is 0 Å². The lowest BCUT2D eigenvalue weighted by atomic mass is 10.3. The summed E-state index contributed by atoms with van der Waals surface area (Å²) in [6.07, 6.45) is 1.80. The Morgan fingerprint density at radius 2 is 2.00 bits per heavy atom. The van der Waals surface area contributed by atoms with Crippen LogP contribution in [0.4, 0.5) is 0 Å². The minimum Gasteiger partial charge on any atom is -0.280 e. The molecule has 0 aromatic carbocycles. The Morgan fingerprint density at radius 1 is 1.25 bits per heavy atom. The molecule has 1 heterocycles. The summed E-state index contributed by atoms with van der Waals surface area (Å²) in [6.45, 7) is 0.813. The SMILES string of the molecule is SCN(CS)Cc1ccccn1. The highest BCUT2D eigenvalue weighted by molar-refractivity contribution is 7.81. The molecule has 0 spiro atoms. The van der Waals surface area contributed by atoms with Gasteiger partial charge in [0.15, 0.2) is 0 Å². The standard InChI is InChI=1S/C8H12N2S2/c11-6-10(7-12)5-8-3-1-2-4-9-8/h1-4,11-12H,5-7H2. The lowest BCUT2D eigenvalue weighted by Crippen LogP contribution is -2.20. The van der Waals surface area contributed by atoms with Crippen LogP contribution in [0.15, 0.2) is 24.4 Å². The van der Waals surface area contributed by atoms with Gasteiger partial charge in [-0.05, 0) is 12.1 Å². The summed E-state index contributed by atoms with van der Waals surface area (Å²) in [6, 6.07) is 5.90. The summed E-state index contributed by atoms with van der Waals surface area (Å²) >= 11 is 8.35. The van der Waals surface area contributed by atoms with Gasteiger partial charge >= 0.3 is 0 Å². The van der Waals surface area contributed by atoms with Crippen LogP contribution in [-0.4, -0.2) is 21.6 Å². The van der Waals surface area contributed by atoms with Gasteiger partial charge in [-0.3, -0.25) is 9.88 Å². The maximum atomic E-state index is 4.20. The van der Waals surface area contributed by atoms with Crippen LogP contribution in [-0.2, 0) is 6.54 Å². The first-order valence-electron chi connectivity index (χ1n) is 3.71. The predicted molar refractivity (Wildman–Crippen MR) is 57.5 cm³/mol. The summed E-state index contributed by atoms with van der Waals surface area (Å²) in [5.41, 5.74) is 1.06. The van der Waals surface area contributed by atoms with Crippen molar-refractivity contribution in [3.05, 3.63) is 30.1 Å². The zero-order chi connectivity index (χ0) is 8.81. The molecular weight excluding hydrogens is 188 g/mol. The Kier molecular flexibility index (Phi) is 4.50. The maximum Gasteiger partial charge on any atom is 0.0544 e. The highest BCUT2D eigenvalue weighted by atomic mass is 32.1. The monoisotopic (exact) mass is 200 g/mol. The molecule has 0 N–H and O–H groups in total. The first-order valence-corrected chi connectivity index (χ1v) is 4.97. The molecule has 0 bridgehead atoms. The number of hydrogen-bond donors (Lipinski definition) is 2. The molecule has 0 radical (unpaired) electrons. The normalized spacial score (nSPS) is 10.6. The summed E-state index contributed by atoms with van der Waals surface area (Å²) < 4.78 is 0. The molecule has 4 heteroatoms. The number of aromatic nitrogens is 1. The third kappa shape index (κ3) is 3.05. The average molecular weight is 200 g/mol. The van der Waals surface area contributed by atoms with Crippen LogP contribution in [0, 0.1) is 0 Å². The molecule has 0 saturated heterocycles. The molecule has 0 aliphatic carbocycles. The average Bonchev–Trinajstić information content (AvgIpc) is 2.16. The number of rotatable bonds is 4. The van der Waals surface area contributed by atoms with Crippen molar-refractivity contribution >= 4 is 25.3 Å². The molecule has 0 aliphatic rings. The van der Waals surface area contributed by atoms with E-state index in [1.807, 2.05) is 18.2 Å². The third-order valence-electron chi connectivity index (χ3n) is 1.51. The quantitative estimate of drug-likeness (QED) is 0.568. The summed E-state index contributed by atoms with van der Waals surface area (Å²) in [5.74, 6) is 1.42. The van der Waals surface area contributed by atoms with Crippen molar-refractivity contribution < 1.29 is 0 Å². The third-order valence-corrected chi connectivity index (χ3v) is 2.31. The van der Waals surface area contributed by atoms with Crippen molar-refractivity contribution in [2.75, 3.05) is 11.8 Å². The molecule has 0 atom stereocenters. The van der Waals surface area contributed by atoms with E-state index in [1.165, 1.54) is 0 Å². The fraction of sp³-hybridized carbons (Fsp3) is 0.375. The molecule has 1 rings (SSSR count). The van der Waals surface area contributed by atoms with Gasteiger partial charge in [0, 0.05) is 24.5 Å². The molecule has 0 saturated carbocycles. The van der Waals surface area contributed by atoms with E-state index >= 15 is 0 Å². The summed E-state index contributed by atoms with van der Waals surface area (Å²) in [7, 11) is 0. The Bertz CT molecular complexity index is 212. The molecule has 0 aliphatic heterocycles. The minimum absolute atomic E-state index is 0.708. The van der Waals surface area contributed by atoms with E-state index in [9.17, 15) is 0 Å². The fourth-order valence-corrected chi connectivity index (χ4v) is 1.42. The van der Waals surface area contributed by atoms with Gasteiger partial charge in [0.25, 0.3) is 0 Å². The molecule has 1 aromatic rings. The Hall–Kier alpha value is -0.190. The first-order chi connectivity index (χ1) is 5.86. The summed E-state index contributed by atoms with van der Waals surface area (Å²) in [5, 5.41) is 0. The van der Waals surface area contributed by atoms with Crippen molar-refractivity contribution in [2.24, 2.45) is 0 Å². The van der Waals surface area contributed by atoms with E-state index in [4.69, 9.17) is 0 Å².